The van der Waals surface area contributed by atoms with Gasteiger partial charge in [-0.2, -0.15) is 0 Å². The SMILES string of the molecule is COCCOCCOCCOc1ccc(C2(c3ccc(COCCOCCOCCO)c(C(C)=O)c3)c3cc(C)ccc3-c3ccc(-c4c(F)c(F)c(C)c(F)c4F)cc32)cc1C(=O)O. The number of aryl methyl sites for hydroxylation is 1. The molecule has 346 valence electrons. The molecule has 5 aromatic carbocycles. The highest BCUT2D eigenvalue weighted by Gasteiger charge is 2.47. The van der Waals surface area contributed by atoms with Crippen molar-refractivity contribution in [1.29, 1.82) is 0 Å². The molecule has 0 aliphatic heterocycles. The van der Waals surface area contributed by atoms with Crippen LogP contribution < -0.4 is 4.74 Å². The second-order valence-electron chi connectivity index (χ2n) is 15.3. The molecule has 0 fully saturated rings. The summed E-state index contributed by atoms with van der Waals surface area (Å²) in [4.78, 5) is 26.6. The Morgan fingerprint density at radius 3 is 1.74 bits per heavy atom. The number of aliphatic hydroxyl groups excluding tert-OH is 1. The predicted molar refractivity (Wildman–Crippen MR) is 233 cm³/mol. The number of rotatable bonds is 25. The molecule has 0 bridgehead atoms. The molecule has 0 radical (unpaired) electrons. The number of aromatic carboxylic acids is 1. The molecule has 1 aliphatic carbocycles. The van der Waals surface area contributed by atoms with E-state index in [-0.39, 0.29) is 75.5 Å². The number of halogens is 4. The summed E-state index contributed by atoms with van der Waals surface area (Å²) in [6.07, 6.45) is 0. The van der Waals surface area contributed by atoms with Crippen LogP contribution in [0.5, 0.6) is 5.75 Å². The van der Waals surface area contributed by atoms with Crippen LogP contribution in [0, 0.1) is 37.1 Å². The quantitative estimate of drug-likeness (QED) is 0.0248. The van der Waals surface area contributed by atoms with Crippen LogP contribution in [0.3, 0.4) is 0 Å². The molecular weight excluding hydrogens is 853 g/mol. The molecule has 11 nitrogen and oxygen atoms in total. The van der Waals surface area contributed by atoms with Gasteiger partial charge in [-0.1, -0.05) is 54.1 Å². The summed E-state index contributed by atoms with van der Waals surface area (Å²) in [5, 5.41) is 19.5. The van der Waals surface area contributed by atoms with Gasteiger partial charge in [-0.15, -0.1) is 0 Å². The van der Waals surface area contributed by atoms with Gasteiger partial charge in [-0.25, -0.2) is 22.4 Å². The summed E-state index contributed by atoms with van der Waals surface area (Å²) in [5.41, 5.74) is 1.28. The van der Waals surface area contributed by atoms with Gasteiger partial charge in [0.2, 0.25) is 0 Å². The molecule has 0 saturated heterocycles. The number of carbonyl (C=O) groups excluding carboxylic acids is 1. The molecule has 0 aromatic heterocycles. The van der Waals surface area contributed by atoms with Crippen molar-refractivity contribution < 1.29 is 70.5 Å². The third kappa shape index (κ3) is 10.6. The highest BCUT2D eigenvalue weighted by molar-refractivity contribution is 5.97. The molecule has 5 aromatic rings. The minimum absolute atomic E-state index is 0.00847. The summed E-state index contributed by atoms with van der Waals surface area (Å²) in [6, 6.07) is 20.0. The standard InChI is InChI=1S/C50H52F4O11/c1-30-5-10-37-38-11-7-33(44-47(53)45(51)31(2)46(52)48(44)54)26-42(38)50(41(37)25-30,35-8-6-34(39(27-35)32(3)56)29-64-22-21-62-18-17-60-14-13-55)36-9-12-43(40(28-36)49(57)58)65-24-23-63-20-19-61-16-15-59-4/h5-12,25-28,55H,13-24,29H2,1-4H3,(H,57,58). The Kier molecular flexibility index (Phi) is 17.0. The second-order valence-corrected chi connectivity index (χ2v) is 15.3. The van der Waals surface area contributed by atoms with Crippen molar-refractivity contribution in [2.24, 2.45) is 0 Å². The number of fused-ring (bicyclic) bond motifs is 3. The van der Waals surface area contributed by atoms with Crippen molar-refractivity contribution in [3.8, 4) is 28.0 Å². The molecule has 0 spiro atoms. The number of methoxy groups -OCH3 is 1. The molecule has 0 saturated carbocycles. The molecule has 1 aliphatic rings. The van der Waals surface area contributed by atoms with E-state index in [4.69, 9.17) is 38.3 Å². The van der Waals surface area contributed by atoms with Crippen molar-refractivity contribution >= 4 is 11.8 Å². The lowest BCUT2D eigenvalue weighted by atomic mass is 9.66. The number of carboxylic acid groups (broad SMARTS) is 1. The zero-order valence-electron chi connectivity index (χ0n) is 36.7. The first-order valence-corrected chi connectivity index (χ1v) is 21.1. The summed E-state index contributed by atoms with van der Waals surface area (Å²) < 4.78 is 100. The Labute approximate surface area is 374 Å². The average Bonchev–Trinajstić information content (AvgIpc) is 3.58. The molecule has 2 N–H and O–H groups in total. The number of benzene rings is 5. The van der Waals surface area contributed by atoms with E-state index in [1.54, 1.807) is 37.4 Å². The first-order valence-electron chi connectivity index (χ1n) is 21.1. The van der Waals surface area contributed by atoms with Gasteiger partial charge in [0.25, 0.3) is 0 Å². The number of ketones is 1. The zero-order chi connectivity index (χ0) is 46.7. The monoisotopic (exact) mass is 904 g/mol. The van der Waals surface area contributed by atoms with Crippen molar-refractivity contribution in [2.75, 3.05) is 86.4 Å². The van der Waals surface area contributed by atoms with Crippen molar-refractivity contribution in [2.45, 2.75) is 32.8 Å². The summed E-state index contributed by atoms with van der Waals surface area (Å²) in [6.45, 7) is 7.02. The summed E-state index contributed by atoms with van der Waals surface area (Å²) in [5.74, 6) is -7.78. The molecular formula is C50H52F4O11. The molecule has 1 unspecified atom stereocenters. The van der Waals surface area contributed by atoms with Crippen molar-refractivity contribution in [3.63, 3.8) is 0 Å². The Morgan fingerprint density at radius 2 is 1.14 bits per heavy atom. The van der Waals surface area contributed by atoms with E-state index in [0.717, 1.165) is 12.5 Å². The van der Waals surface area contributed by atoms with Crippen LogP contribution in [0.2, 0.25) is 0 Å². The molecule has 65 heavy (non-hydrogen) atoms. The van der Waals surface area contributed by atoms with Crippen LogP contribution in [0.1, 0.15) is 66.6 Å². The Hall–Kier alpha value is -5.52. The number of ether oxygens (including phenoxy) is 7. The smallest absolute Gasteiger partial charge is 0.339 e. The van der Waals surface area contributed by atoms with Gasteiger partial charge in [0, 0.05) is 18.2 Å². The first-order chi connectivity index (χ1) is 31.4. The van der Waals surface area contributed by atoms with Gasteiger partial charge >= 0.3 is 5.97 Å². The maximum absolute atomic E-state index is 15.8. The van der Waals surface area contributed by atoms with Crippen LogP contribution in [-0.4, -0.2) is 108 Å². The number of hydrogen-bond acceptors (Lipinski definition) is 10. The van der Waals surface area contributed by atoms with E-state index in [2.05, 4.69) is 0 Å². The number of Topliss-reactive ketones (excluding diaryl/α,β-unsaturated/α-hetero) is 1. The minimum atomic E-state index is -1.57. The number of hydrogen-bond donors (Lipinski definition) is 2. The van der Waals surface area contributed by atoms with E-state index in [9.17, 15) is 14.7 Å². The van der Waals surface area contributed by atoms with Gasteiger partial charge in [0.05, 0.1) is 90.3 Å². The average molecular weight is 905 g/mol. The van der Waals surface area contributed by atoms with E-state index in [1.807, 2.05) is 25.1 Å². The minimum Gasteiger partial charge on any atom is -0.490 e. The third-order valence-corrected chi connectivity index (χ3v) is 11.2. The fourth-order valence-electron chi connectivity index (χ4n) is 8.06. The Balaban J connectivity index is 1.48. The van der Waals surface area contributed by atoms with Gasteiger partial charge in [0.15, 0.2) is 29.1 Å². The lowest BCUT2D eigenvalue weighted by Crippen LogP contribution is -2.30. The van der Waals surface area contributed by atoms with Crippen LogP contribution in [0.25, 0.3) is 22.3 Å². The van der Waals surface area contributed by atoms with Crippen LogP contribution >= 0.6 is 0 Å². The van der Waals surface area contributed by atoms with Crippen LogP contribution in [0.4, 0.5) is 17.6 Å². The molecule has 1 atom stereocenters. The van der Waals surface area contributed by atoms with E-state index in [1.165, 1.54) is 31.2 Å². The van der Waals surface area contributed by atoms with Crippen LogP contribution in [-0.2, 0) is 40.4 Å². The second kappa shape index (κ2) is 22.6. The fourth-order valence-corrected chi connectivity index (χ4v) is 8.06. The van der Waals surface area contributed by atoms with Gasteiger partial charge < -0.3 is 43.4 Å². The Bertz CT molecular complexity index is 2380. The Morgan fingerprint density at radius 1 is 0.600 bits per heavy atom. The largest absolute Gasteiger partial charge is 0.490 e. The van der Waals surface area contributed by atoms with Crippen LogP contribution in [0.15, 0.2) is 72.8 Å². The molecule has 15 heteroatoms. The van der Waals surface area contributed by atoms with Crippen molar-refractivity contribution in [1.82, 2.24) is 0 Å². The topological polar surface area (TPSA) is 139 Å². The normalized spacial score (nSPS) is 14.1. The predicted octanol–water partition coefficient (Wildman–Crippen LogP) is 8.39. The molecule has 0 amide bonds. The van der Waals surface area contributed by atoms with E-state index in [0.29, 0.717) is 77.5 Å². The van der Waals surface area contributed by atoms with Gasteiger partial charge in [0.1, 0.15) is 17.9 Å². The number of carbonyl (C=O) groups is 2. The fraction of sp³-hybridized carbons (Fsp3) is 0.360. The summed E-state index contributed by atoms with van der Waals surface area (Å²) in [7, 11) is 1.57. The maximum Gasteiger partial charge on any atom is 0.339 e. The van der Waals surface area contributed by atoms with Gasteiger partial charge in [-0.05, 0) is 89.5 Å². The first kappa shape index (κ1) is 48.9. The number of carboxylic acids is 1. The third-order valence-electron chi connectivity index (χ3n) is 11.2. The summed E-state index contributed by atoms with van der Waals surface area (Å²) >= 11 is 0. The maximum atomic E-state index is 15.8. The van der Waals surface area contributed by atoms with E-state index >= 15 is 17.6 Å². The lowest BCUT2D eigenvalue weighted by Gasteiger charge is -2.35. The number of aliphatic hydroxyl groups is 1. The molecule has 6 rings (SSSR count). The van der Waals surface area contributed by atoms with Gasteiger partial charge in [-0.3, -0.25) is 4.79 Å². The lowest BCUT2D eigenvalue weighted by molar-refractivity contribution is 0.00443. The highest BCUT2D eigenvalue weighted by atomic mass is 19.2. The molecule has 0 heterocycles. The van der Waals surface area contributed by atoms with Crippen molar-refractivity contribution in [3.05, 3.63) is 146 Å². The zero-order valence-corrected chi connectivity index (χ0v) is 36.7. The highest BCUT2D eigenvalue weighted by Crippen LogP contribution is 2.58. The van der Waals surface area contributed by atoms with E-state index < -0.39 is 45.8 Å².